The smallest absolute Gasteiger partial charge is 0.253 e. The number of aromatic nitrogens is 1. The maximum Gasteiger partial charge on any atom is 0.253 e. The van der Waals surface area contributed by atoms with Crippen molar-refractivity contribution in [1.82, 2.24) is 10.5 Å². The van der Waals surface area contributed by atoms with E-state index < -0.39 is 5.41 Å². The van der Waals surface area contributed by atoms with E-state index in [1.165, 1.54) is 6.26 Å². The van der Waals surface area contributed by atoms with Crippen LogP contribution in [0.5, 0.6) is 0 Å². The van der Waals surface area contributed by atoms with Crippen LogP contribution in [0.3, 0.4) is 0 Å². The molecule has 0 fully saturated rings. The van der Waals surface area contributed by atoms with Crippen molar-refractivity contribution in [1.29, 1.82) is 0 Å². The van der Waals surface area contributed by atoms with Gasteiger partial charge in [0.05, 0.1) is 5.41 Å². The average molecular weight is 415 g/mol. The standard InChI is InChI=1S/C20H19BrN2O3/c1-20(2,15-6-4-3-5-7-15)19(24)23-26-13-17-12-25-18(22-17)14-8-10-16(21)11-9-14/h3-12H,13H2,1-2H3,(H,23,24). The van der Waals surface area contributed by atoms with Crippen LogP contribution in [0, 0.1) is 0 Å². The van der Waals surface area contributed by atoms with Gasteiger partial charge in [0.15, 0.2) is 0 Å². The van der Waals surface area contributed by atoms with Gasteiger partial charge in [0.2, 0.25) is 5.89 Å². The summed E-state index contributed by atoms with van der Waals surface area (Å²) < 4.78 is 6.45. The van der Waals surface area contributed by atoms with E-state index in [0.29, 0.717) is 11.6 Å². The van der Waals surface area contributed by atoms with E-state index >= 15 is 0 Å². The first-order valence-electron chi connectivity index (χ1n) is 8.15. The third-order valence-electron chi connectivity index (χ3n) is 4.09. The summed E-state index contributed by atoms with van der Waals surface area (Å²) in [4.78, 5) is 22.1. The Hall–Kier alpha value is -2.44. The Labute approximate surface area is 160 Å². The molecule has 0 saturated carbocycles. The molecule has 0 unspecified atom stereocenters. The first kappa shape index (κ1) is 18.4. The maximum atomic E-state index is 12.4. The summed E-state index contributed by atoms with van der Waals surface area (Å²) in [5.41, 5.74) is 4.18. The number of halogens is 1. The summed E-state index contributed by atoms with van der Waals surface area (Å²) in [6, 6.07) is 17.2. The average Bonchev–Trinajstić information content (AvgIpc) is 3.12. The van der Waals surface area contributed by atoms with Gasteiger partial charge in [0, 0.05) is 10.0 Å². The zero-order valence-electron chi connectivity index (χ0n) is 14.5. The van der Waals surface area contributed by atoms with Crippen molar-refractivity contribution in [3.05, 3.63) is 76.6 Å². The number of carbonyl (C=O) groups excluding carboxylic acids is 1. The molecule has 3 rings (SSSR count). The van der Waals surface area contributed by atoms with Crippen LogP contribution in [0.15, 0.2) is 69.8 Å². The molecule has 26 heavy (non-hydrogen) atoms. The lowest BCUT2D eigenvalue weighted by atomic mass is 9.84. The topological polar surface area (TPSA) is 64.4 Å². The summed E-state index contributed by atoms with van der Waals surface area (Å²) in [5.74, 6) is 0.285. The first-order chi connectivity index (χ1) is 12.5. The third-order valence-corrected chi connectivity index (χ3v) is 4.62. The predicted octanol–water partition coefficient (Wildman–Crippen LogP) is 4.63. The van der Waals surface area contributed by atoms with Crippen molar-refractivity contribution < 1.29 is 14.0 Å². The number of nitrogens with one attached hydrogen (secondary N) is 1. The van der Waals surface area contributed by atoms with Gasteiger partial charge in [0.25, 0.3) is 5.91 Å². The highest BCUT2D eigenvalue weighted by atomic mass is 79.9. The molecule has 0 aliphatic heterocycles. The number of hydroxylamine groups is 1. The molecule has 134 valence electrons. The monoisotopic (exact) mass is 414 g/mol. The van der Waals surface area contributed by atoms with Gasteiger partial charge in [0.1, 0.15) is 18.6 Å². The van der Waals surface area contributed by atoms with Crippen molar-refractivity contribution >= 4 is 21.8 Å². The van der Waals surface area contributed by atoms with Crippen LogP contribution < -0.4 is 5.48 Å². The van der Waals surface area contributed by atoms with E-state index in [0.717, 1.165) is 15.6 Å². The molecule has 0 atom stereocenters. The summed E-state index contributed by atoms with van der Waals surface area (Å²) in [6.07, 6.45) is 1.52. The van der Waals surface area contributed by atoms with Crippen LogP contribution in [0.25, 0.3) is 11.5 Å². The number of amides is 1. The van der Waals surface area contributed by atoms with E-state index in [1.807, 2.05) is 68.4 Å². The molecule has 6 heteroatoms. The minimum absolute atomic E-state index is 0.122. The minimum atomic E-state index is -0.701. The second-order valence-electron chi connectivity index (χ2n) is 6.36. The molecule has 1 N–H and O–H groups in total. The van der Waals surface area contributed by atoms with Gasteiger partial charge in [-0.1, -0.05) is 46.3 Å². The highest BCUT2D eigenvalue weighted by Crippen LogP contribution is 2.23. The van der Waals surface area contributed by atoms with Crippen molar-refractivity contribution in [2.45, 2.75) is 25.9 Å². The van der Waals surface area contributed by atoms with Crippen molar-refractivity contribution in [2.24, 2.45) is 0 Å². The lowest BCUT2D eigenvalue weighted by Gasteiger charge is -2.23. The zero-order valence-corrected chi connectivity index (χ0v) is 16.1. The van der Waals surface area contributed by atoms with Gasteiger partial charge in [-0.25, -0.2) is 10.5 Å². The maximum absolute atomic E-state index is 12.4. The fourth-order valence-corrected chi connectivity index (χ4v) is 2.65. The molecule has 0 spiro atoms. The molecule has 5 nitrogen and oxygen atoms in total. The van der Waals surface area contributed by atoms with Crippen molar-refractivity contribution in [3.63, 3.8) is 0 Å². The Morgan fingerprint density at radius 2 is 1.85 bits per heavy atom. The molecule has 0 saturated heterocycles. The molecule has 0 radical (unpaired) electrons. The van der Waals surface area contributed by atoms with E-state index in [4.69, 9.17) is 9.25 Å². The van der Waals surface area contributed by atoms with E-state index in [-0.39, 0.29) is 12.5 Å². The zero-order chi connectivity index (χ0) is 18.6. The quantitative estimate of drug-likeness (QED) is 0.597. The largest absolute Gasteiger partial charge is 0.444 e. The highest BCUT2D eigenvalue weighted by molar-refractivity contribution is 9.10. The van der Waals surface area contributed by atoms with Gasteiger partial charge >= 0.3 is 0 Å². The summed E-state index contributed by atoms with van der Waals surface area (Å²) in [7, 11) is 0. The molecule has 0 aliphatic rings. The van der Waals surface area contributed by atoms with Gasteiger partial charge in [-0.2, -0.15) is 0 Å². The number of carbonyl (C=O) groups is 1. The van der Waals surface area contributed by atoms with Gasteiger partial charge in [-0.15, -0.1) is 0 Å². The Morgan fingerprint density at radius 3 is 2.54 bits per heavy atom. The van der Waals surface area contributed by atoms with Crippen LogP contribution in [-0.2, 0) is 21.7 Å². The lowest BCUT2D eigenvalue weighted by Crippen LogP contribution is -2.39. The molecule has 3 aromatic rings. The minimum Gasteiger partial charge on any atom is -0.444 e. The van der Waals surface area contributed by atoms with Gasteiger partial charge in [-0.3, -0.25) is 9.63 Å². The molecule has 2 aromatic carbocycles. The predicted molar refractivity (Wildman–Crippen MR) is 102 cm³/mol. The molecule has 1 heterocycles. The number of hydrogen-bond donors (Lipinski definition) is 1. The fourth-order valence-electron chi connectivity index (χ4n) is 2.39. The molecule has 0 aliphatic carbocycles. The summed E-state index contributed by atoms with van der Waals surface area (Å²) >= 11 is 3.39. The Morgan fingerprint density at radius 1 is 1.15 bits per heavy atom. The SMILES string of the molecule is CC(C)(C(=O)NOCc1coc(-c2ccc(Br)cc2)n1)c1ccccc1. The second kappa shape index (κ2) is 7.85. The Bertz CT molecular complexity index is 874. The molecule has 0 bridgehead atoms. The van der Waals surface area contributed by atoms with Crippen molar-refractivity contribution in [2.75, 3.05) is 0 Å². The Balaban J connectivity index is 1.57. The van der Waals surface area contributed by atoms with E-state index in [1.54, 1.807) is 0 Å². The number of rotatable bonds is 6. The summed E-state index contributed by atoms with van der Waals surface area (Å²) in [6.45, 7) is 3.82. The third kappa shape index (κ3) is 4.20. The van der Waals surface area contributed by atoms with Crippen LogP contribution in [0.2, 0.25) is 0 Å². The number of benzene rings is 2. The Kier molecular flexibility index (Phi) is 5.54. The molecular weight excluding hydrogens is 396 g/mol. The fraction of sp³-hybridized carbons (Fsp3) is 0.200. The number of nitrogens with zero attached hydrogens (tertiary/aromatic N) is 1. The van der Waals surface area contributed by atoms with Gasteiger partial charge in [-0.05, 0) is 43.7 Å². The lowest BCUT2D eigenvalue weighted by molar-refractivity contribution is -0.139. The van der Waals surface area contributed by atoms with Crippen LogP contribution in [-0.4, -0.2) is 10.9 Å². The number of oxazole rings is 1. The van der Waals surface area contributed by atoms with Crippen LogP contribution >= 0.6 is 15.9 Å². The highest BCUT2D eigenvalue weighted by Gasteiger charge is 2.29. The summed E-state index contributed by atoms with van der Waals surface area (Å²) in [5, 5.41) is 0. The van der Waals surface area contributed by atoms with Crippen molar-refractivity contribution in [3.8, 4) is 11.5 Å². The molecule has 1 amide bonds. The molecule has 1 aromatic heterocycles. The molecular formula is C20H19BrN2O3. The number of hydrogen-bond acceptors (Lipinski definition) is 4. The second-order valence-corrected chi connectivity index (χ2v) is 7.28. The van der Waals surface area contributed by atoms with Crippen LogP contribution in [0.4, 0.5) is 0 Å². The normalized spacial score (nSPS) is 11.3. The van der Waals surface area contributed by atoms with E-state index in [9.17, 15) is 4.79 Å². The van der Waals surface area contributed by atoms with Crippen LogP contribution in [0.1, 0.15) is 25.1 Å². The van der Waals surface area contributed by atoms with Gasteiger partial charge < -0.3 is 4.42 Å². The first-order valence-corrected chi connectivity index (χ1v) is 8.94. The van der Waals surface area contributed by atoms with E-state index in [2.05, 4.69) is 26.4 Å².